The van der Waals surface area contributed by atoms with Crippen molar-refractivity contribution in [3.63, 3.8) is 0 Å². The highest BCUT2D eigenvalue weighted by Gasteiger charge is 2.62. The molecule has 0 amide bonds. The van der Waals surface area contributed by atoms with Crippen LogP contribution in [0, 0.1) is 45.8 Å². The first-order valence-corrected chi connectivity index (χ1v) is 13.2. The van der Waals surface area contributed by atoms with Gasteiger partial charge in [0.15, 0.2) is 0 Å². The van der Waals surface area contributed by atoms with Crippen molar-refractivity contribution in [2.45, 2.75) is 92.9 Å². The number of hydrogen-bond acceptors (Lipinski definition) is 2. The van der Waals surface area contributed by atoms with Crippen LogP contribution in [0.1, 0.15) is 92.9 Å². The average molecular weight is 453 g/mol. The van der Waals surface area contributed by atoms with E-state index in [1.54, 1.807) is 12.5 Å². The van der Waals surface area contributed by atoms with E-state index >= 15 is 0 Å². The molecule has 0 radical (unpaired) electrons. The second kappa shape index (κ2) is 8.24. The van der Waals surface area contributed by atoms with Gasteiger partial charge in [-0.25, -0.2) is 4.79 Å². The second-order valence-electron chi connectivity index (χ2n) is 12.9. The first-order valence-electron chi connectivity index (χ1n) is 13.2. The molecule has 0 aliphatic heterocycles. The molecule has 1 N–H and O–H groups in total. The lowest BCUT2D eigenvalue weighted by Crippen LogP contribution is -2.55. The highest BCUT2D eigenvalue weighted by Crippen LogP contribution is 2.69. The zero-order chi connectivity index (χ0) is 24.3. The lowest BCUT2D eigenvalue weighted by Gasteiger charge is -2.61. The lowest BCUT2D eigenvalue weighted by atomic mass is 9.43. The summed E-state index contributed by atoms with van der Waals surface area (Å²) in [4.78, 5) is 23.9. The van der Waals surface area contributed by atoms with Crippen LogP contribution in [0.3, 0.4) is 0 Å². The van der Waals surface area contributed by atoms with Crippen LogP contribution in [0.5, 0.6) is 0 Å². The quantitative estimate of drug-likeness (QED) is 0.349. The fourth-order valence-electron chi connectivity index (χ4n) is 8.80. The van der Waals surface area contributed by atoms with E-state index < -0.39 is 5.97 Å². The number of rotatable bonds is 5. The molecule has 33 heavy (non-hydrogen) atoms. The largest absolute Gasteiger partial charge is 0.478 e. The van der Waals surface area contributed by atoms with Crippen molar-refractivity contribution in [2.24, 2.45) is 45.8 Å². The molecule has 0 heterocycles. The summed E-state index contributed by atoms with van der Waals surface area (Å²) in [5.74, 6) is 2.28. The summed E-state index contributed by atoms with van der Waals surface area (Å²) >= 11 is 0. The number of hydrogen-bond donors (Lipinski definition) is 1. The third kappa shape index (κ3) is 3.69. The van der Waals surface area contributed by atoms with Crippen molar-refractivity contribution < 1.29 is 14.7 Å². The smallest absolute Gasteiger partial charge is 0.330 e. The van der Waals surface area contributed by atoms with E-state index in [9.17, 15) is 9.59 Å². The molecule has 0 unspecified atom stereocenters. The van der Waals surface area contributed by atoms with Gasteiger partial charge < -0.3 is 5.11 Å². The lowest BCUT2D eigenvalue weighted by molar-refractivity contribution is -0.144. The van der Waals surface area contributed by atoms with Crippen LogP contribution in [0.2, 0.25) is 0 Å². The van der Waals surface area contributed by atoms with Crippen LogP contribution in [-0.2, 0) is 9.59 Å². The molecule has 182 valence electrons. The van der Waals surface area contributed by atoms with Crippen LogP contribution in [-0.4, -0.2) is 16.9 Å². The Morgan fingerprint density at radius 2 is 1.97 bits per heavy atom. The number of carbonyl (C=O) groups is 2. The summed E-state index contributed by atoms with van der Waals surface area (Å²) in [5.41, 5.74) is 3.70. The summed E-state index contributed by atoms with van der Waals surface area (Å²) in [6, 6.07) is 0. The van der Waals surface area contributed by atoms with Crippen LogP contribution in [0.4, 0.5) is 0 Å². The molecule has 3 heteroatoms. The summed E-state index contributed by atoms with van der Waals surface area (Å²) in [5, 5.41) is 9.14. The van der Waals surface area contributed by atoms with E-state index in [2.05, 4.69) is 40.7 Å². The van der Waals surface area contributed by atoms with E-state index in [0.29, 0.717) is 40.9 Å². The monoisotopic (exact) mass is 452 g/mol. The van der Waals surface area contributed by atoms with Crippen LogP contribution < -0.4 is 0 Å². The highest BCUT2D eigenvalue weighted by molar-refractivity contribution is 5.86. The Morgan fingerprint density at radius 1 is 1.27 bits per heavy atom. The zero-order valence-corrected chi connectivity index (χ0v) is 21.7. The topological polar surface area (TPSA) is 54.4 Å². The number of carbonyl (C=O) groups excluding carboxylic acids is 1. The summed E-state index contributed by atoms with van der Waals surface area (Å²) < 4.78 is 0. The van der Waals surface area contributed by atoms with E-state index in [1.807, 2.05) is 6.08 Å². The first kappa shape index (κ1) is 24.5. The number of carboxylic acid groups (broad SMARTS) is 1. The fraction of sp³-hybridized carbons (Fsp3) is 0.733. The Hall–Kier alpha value is -1.64. The van der Waals surface area contributed by atoms with Gasteiger partial charge in [-0.05, 0) is 92.3 Å². The molecule has 0 aromatic heterocycles. The first-order chi connectivity index (χ1) is 15.3. The maximum absolute atomic E-state index is 12.8. The minimum absolute atomic E-state index is 0.182. The summed E-state index contributed by atoms with van der Waals surface area (Å²) in [7, 11) is 0. The summed E-state index contributed by atoms with van der Waals surface area (Å²) in [6.45, 7) is 18.1. The molecule has 4 aliphatic carbocycles. The molecular formula is C30H44O3. The molecule has 0 spiro atoms. The molecule has 3 fully saturated rings. The molecule has 0 aromatic carbocycles. The minimum Gasteiger partial charge on any atom is -0.478 e. The van der Waals surface area contributed by atoms with Crippen molar-refractivity contribution in [2.75, 3.05) is 0 Å². The Balaban J connectivity index is 1.59. The Kier molecular flexibility index (Phi) is 6.11. The van der Waals surface area contributed by atoms with Crippen LogP contribution >= 0.6 is 0 Å². The van der Waals surface area contributed by atoms with Crippen molar-refractivity contribution in [3.8, 4) is 0 Å². The molecular weight excluding hydrogens is 408 g/mol. The number of Topliss-reactive ketones (excluding diaryl/α,β-unsaturated/α-hetero) is 1. The number of fused-ring (bicyclic) bond motifs is 5. The number of allylic oxidation sites excluding steroid dienone is 4. The Bertz CT molecular complexity index is 921. The number of aliphatic carboxylic acids is 1. The molecule has 7 atom stereocenters. The highest BCUT2D eigenvalue weighted by atomic mass is 16.4. The Labute approximate surface area is 200 Å². The summed E-state index contributed by atoms with van der Waals surface area (Å²) in [6.07, 6.45) is 12.6. The van der Waals surface area contributed by atoms with E-state index in [0.717, 1.165) is 38.5 Å². The van der Waals surface area contributed by atoms with Crippen LogP contribution in [0.25, 0.3) is 0 Å². The number of ketones is 1. The second-order valence-corrected chi connectivity index (χ2v) is 12.9. The molecule has 4 rings (SSSR count). The Morgan fingerprint density at radius 3 is 2.64 bits per heavy atom. The van der Waals surface area contributed by atoms with Gasteiger partial charge in [0.05, 0.1) is 0 Å². The molecule has 4 aliphatic rings. The van der Waals surface area contributed by atoms with E-state index in [1.165, 1.54) is 18.4 Å². The van der Waals surface area contributed by atoms with Gasteiger partial charge >= 0.3 is 5.97 Å². The number of carboxylic acids is 1. The van der Waals surface area contributed by atoms with Gasteiger partial charge in [-0.15, -0.1) is 0 Å². The van der Waals surface area contributed by atoms with Gasteiger partial charge in [0, 0.05) is 17.4 Å². The third-order valence-electron chi connectivity index (χ3n) is 10.8. The maximum Gasteiger partial charge on any atom is 0.330 e. The normalized spacial score (nSPS) is 41.0. The predicted octanol–water partition coefficient (Wildman–Crippen LogP) is 7.38. The van der Waals surface area contributed by atoms with Gasteiger partial charge in [-0.3, -0.25) is 4.79 Å². The third-order valence-corrected chi connectivity index (χ3v) is 10.8. The van der Waals surface area contributed by atoms with Gasteiger partial charge in [0.25, 0.3) is 0 Å². The average Bonchev–Trinajstić information content (AvgIpc) is 3.11. The van der Waals surface area contributed by atoms with E-state index in [4.69, 9.17) is 11.7 Å². The van der Waals surface area contributed by atoms with Gasteiger partial charge in [-0.2, -0.15) is 0 Å². The zero-order valence-electron chi connectivity index (χ0n) is 21.7. The van der Waals surface area contributed by atoms with Crippen molar-refractivity contribution in [1.29, 1.82) is 0 Å². The van der Waals surface area contributed by atoms with Gasteiger partial charge in [0.1, 0.15) is 5.78 Å². The van der Waals surface area contributed by atoms with Crippen molar-refractivity contribution in [1.82, 2.24) is 0 Å². The van der Waals surface area contributed by atoms with Crippen molar-refractivity contribution >= 4 is 11.8 Å². The maximum atomic E-state index is 12.8. The molecule has 0 aromatic rings. The van der Waals surface area contributed by atoms with Crippen molar-refractivity contribution in [3.05, 3.63) is 35.5 Å². The standard InChI is InChI=1S/C30H44O3/c1-18(9-8-10-19(2)27(32)33)21-13-15-30(7)22-11-12-24-28(4,5)25(31)14-16-29(24,6)23(22)17-20(3)26(21)30/h10-11,18,21,23-24,26H,3,8-9,12-17H2,1-2,4-7H3,(H,32,33)/b19-10-/t18-,21-,23+,24-,26+,29-,30+/m1/s1. The van der Waals surface area contributed by atoms with Gasteiger partial charge in [-0.1, -0.05) is 64.5 Å². The SMILES string of the molecule is C=C1C[C@H]2C(=CC[C@@H]3C(C)(C)C(=O)CC[C@@]32C)[C@]2(C)CC[C@H]([C@H](C)CC/C=C(/C)C(=O)O)[C@H]12. The predicted molar refractivity (Wildman–Crippen MR) is 134 cm³/mol. The fourth-order valence-corrected chi connectivity index (χ4v) is 8.80. The molecule has 3 saturated carbocycles. The molecule has 0 saturated heterocycles. The van der Waals surface area contributed by atoms with E-state index in [-0.39, 0.29) is 16.2 Å². The van der Waals surface area contributed by atoms with Crippen LogP contribution in [0.15, 0.2) is 35.5 Å². The molecule has 3 nitrogen and oxygen atoms in total. The minimum atomic E-state index is -0.814. The van der Waals surface area contributed by atoms with Gasteiger partial charge in [0.2, 0.25) is 0 Å². The molecule has 0 bridgehead atoms.